The van der Waals surface area contributed by atoms with E-state index in [-0.39, 0.29) is 29.5 Å². The van der Waals surface area contributed by atoms with Gasteiger partial charge in [0.2, 0.25) is 0 Å². The Kier molecular flexibility index (Phi) is 10.5. The molecular weight excluding hydrogens is 594 g/mol. The number of nitrogens with zero attached hydrogens (tertiary/aromatic N) is 3. The number of hydrogen-bond acceptors (Lipinski definition) is 8. The molecule has 4 aliphatic rings. The van der Waals surface area contributed by atoms with Crippen LogP contribution in [0, 0.1) is 22.7 Å². The highest BCUT2D eigenvalue weighted by atomic mass is 16.7. The maximum absolute atomic E-state index is 12.1. The topological polar surface area (TPSA) is 105 Å². The molecule has 2 aliphatic carbocycles. The van der Waals surface area contributed by atoms with Crippen molar-refractivity contribution >= 4 is 5.97 Å². The van der Waals surface area contributed by atoms with E-state index in [4.69, 9.17) is 18.9 Å². The Labute approximate surface area is 279 Å². The van der Waals surface area contributed by atoms with Crippen LogP contribution >= 0.6 is 0 Å². The number of esters is 1. The molecular formula is C38H53N3O6. The molecule has 2 unspecified atom stereocenters. The summed E-state index contributed by atoms with van der Waals surface area (Å²) < 4.78 is 26.2. The molecule has 0 bridgehead atoms. The number of unbranched alkanes of at least 4 members (excludes halogenated alkanes) is 5. The van der Waals surface area contributed by atoms with Crippen molar-refractivity contribution < 1.29 is 28.8 Å². The van der Waals surface area contributed by atoms with E-state index in [0.29, 0.717) is 31.1 Å². The lowest BCUT2D eigenvalue weighted by molar-refractivity contribution is -0.307. The molecule has 0 radical (unpaired) electrons. The number of fused-ring (bicyclic) bond motifs is 3. The largest absolute Gasteiger partial charge is 0.487 e. The zero-order valence-corrected chi connectivity index (χ0v) is 28.5. The number of aromatic nitrogens is 3. The highest BCUT2D eigenvalue weighted by Crippen LogP contribution is 2.64. The van der Waals surface area contributed by atoms with Crippen LogP contribution in [0.15, 0.2) is 54.3 Å². The Morgan fingerprint density at radius 2 is 1.89 bits per heavy atom. The van der Waals surface area contributed by atoms with Crippen molar-refractivity contribution in [3.63, 3.8) is 0 Å². The van der Waals surface area contributed by atoms with Gasteiger partial charge in [-0.25, -0.2) is 4.79 Å². The molecule has 1 aromatic heterocycles. The number of carbonyl (C=O) groups is 1. The smallest absolute Gasteiger partial charge is 0.336 e. The Hall–Kier alpha value is -3.01. The normalized spacial score (nSPS) is 33.0. The molecule has 9 nitrogen and oxygen atoms in total. The van der Waals surface area contributed by atoms with Crippen molar-refractivity contribution in [2.24, 2.45) is 22.7 Å². The lowest BCUT2D eigenvalue weighted by Crippen LogP contribution is -2.60. The molecule has 2 saturated heterocycles. The van der Waals surface area contributed by atoms with Crippen molar-refractivity contribution in [1.82, 2.24) is 15.0 Å². The van der Waals surface area contributed by atoms with E-state index in [1.54, 1.807) is 0 Å². The van der Waals surface area contributed by atoms with Gasteiger partial charge in [-0.2, -0.15) is 0 Å². The highest BCUT2D eigenvalue weighted by Gasteiger charge is 2.60. The number of aliphatic hydroxyl groups is 1. The second-order valence-electron chi connectivity index (χ2n) is 14.7. The van der Waals surface area contributed by atoms with Crippen LogP contribution in [0.1, 0.15) is 109 Å². The summed E-state index contributed by atoms with van der Waals surface area (Å²) in [6.07, 6.45) is 14.9. The third-order valence-electron chi connectivity index (χ3n) is 11.6. The minimum Gasteiger partial charge on any atom is -0.487 e. The predicted octanol–water partition coefficient (Wildman–Crippen LogP) is 7.25. The minimum atomic E-state index is -0.837. The first kappa shape index (κ1) is 33.9. The average molecular weight is 648 g/mol. The maximum Gasteiger partial charge on any atom is 0.336 e. The first-order valence-corrected chi connectivity index (χ1v) is 17.8. The number of rotatable bonds is 13. The molecule has 4 fully saturated rings. The summed E-state index contributed by atoms with van der Waals surface area (Å²) in [5.41, 5.74) is 3.31. The summed E-state index contributed by atoms with van der Waals surface area (Å²) >= 11 is 0. The van der Waals surface area contributed by atoms with E-state index < -0.39 is 18.4 Å². The molecule has 6 rings (SSSR count). The molecule has 1 N–H and O–H groups in total. The van der Waals surface area contributed by atoms with Crippen LogP contribution in [0.3, 0.4) is 0 Å². The van der Waals surface area contributed by atoms with E-state index in [0.717, 1.165) is 55.7 Å². The standard InChI is InChI=1S/C38H53N3O6/c1-5-6-7-8-9-10-21-41-22-28(39-40-41)23-44-29-14-12-27(13-15-29)36-46-25-38(4)33-18-11-26(2)31(37(33,3)20-19-34(38)47-36)17-16-30-32(42)24-45-35(30)43/h12-16,22,31-34,36,42H,2,5-11,17-21,23-25H2,1,3-4H3/b30-16+/t31-,32-,33?,34-,36?,37-,38+/m1/s1. The van der Waals surface area contributed by atoms with Crippen LogP contribution < -0.4 is 4.74 Å². The van der Waals surface area contributed by atoms with Crippen LogP contribution in [0.2, 0.25) is 0 Å². The molecule has 1 aromatic carbocycles. The molecule has 2 aromatic rings. The summed E-state index contributed by atoms with van der Waals surface area (Å²) in [4.78, 5) is 12.1. The van der Waals surface area contributed by atoms with Gasteiger partial charge in [0, 0.05) is 17.5 Å². The van der Waals surface area contributed by atoms with Crippen molar-refractivity contribution in [3.8, 4) is 5.75 Å². The number of aliphatic hydroxyl groups excluding tert-OH is 1. The van der Waals surface area contributed by atoms with Gasteiger partial charge in [-0.1, -0.05) is 88.4 Å². The van der Waals surface area contributed by atoms with Crippen LogP contribution in [-0.4, -0.2) is 51.5 Å². The van der Waals surface area contributed by atoms with Gasteiger partial charge in [0.25, 0.3) is 0 Å². The van der Waals surface area contributed by atoms with Gasteiger partial charge < -0.3 is 24.1 Å². The number of carbonyl (C=O) groups excluding carboxylic acids is 1. The fourth-order valence-corrected chi connectivity index (χ4v) is 8.82. The molecule has 7 atom stereocenters. The Balaban J connectivity index is 1.02. The third kappa shape index (κ3) is 7.22. The molecule has 2 saturated carbocycles. The van der Waals surface area contributed by atoms with Gasteiger partial charge in [0.1, 0.15) is 30.8 Å². The fourth-order valence-electron chi connectivity index (χ4n) is 8.82. The number of benzene rings is 1. The highest BCUT2D eigenvalue weighted by molar-refractivity contribution is 5.91. The zero-order chi connectivity index (χ0) is 33.0. The van der Waals surface area contributed by atoms with Gasteiger partial charge >= 0.3 is 5.97 Å². The summed E-state index contributed by atoms with van der Waals surface area (Å²) in [6.45, 7) is 13.4. The zero-order valence-electron chi connectivity index (χ0n) is 28.5. The van der Waals surface area contributed by atoms with Gasteiger partial charge in [-0.05, 0) is 67.9 Å². The van der Waals surface area contributed by atoms with Crippen LogP contribution in [0.4, 0.5) is 0 Å². The van der Waals surface area contributed by atoms with Gasteiger partial charge in [0.15, 0.2) is 6.29 Å². The predicted molar refractivity (Wildman–Crippen MR) is 178 cm³/mol. The number of ether oxygens (including phenoxy) is 4. The molecule has 2 aliphatic heterocycles. The summed E-state index contributed by atoms with van der Waals surface area (Å²) in [5, 5.41) is 18.8. The Morgan fingerprint density at radius 3 is 2.66 bits per heavy atom. The van der Waals surface area contributed by atoms with Crippen LogP contribution in [0.25, 0.3) is 0 Å². The number of hydrogen-bond donors (Lipinski definition) is 1. The Morgan fingerprint density at radius 1 is 1.11 bits per heavy atom. The maximum atomic E-state index is 12.1. The van der Waals surface area contributed by atoms with Gasteiger partial charge in [-0.3, -0.25) is 4.68 Å². The third-order valence-corrected chi connectivity index (χ3v) is 11.6. The van der Waals surface area contributed by atoms with Crippen molar-refractivity contribution in [2.45, 2.75) is 123 Å². The van der Waals surface area contributed by atoms with E-state index in [1.165, 1.54) is 37.7 Å². The summed E-state index contributed by atoms with van der Waals surface area (Å²) in [6, 6.07) is 8.00. The van der Waals surface area contributed by atoms with E-state index in [2.05, 4.69) is 37.7 Å². The second kappa shape index (κ2) is 14.6. The monoisotopic (exact) mass is 647 g/mol. The summed E-state index contributed by atoms with van der Waals surface area (Å²) in [5.74, 6) is 0.986. The first-order chi connectivity index (χ1) is 22.7. The quantitative estimate of drug-likeness (QED) is 0.105. The van der Waals surface area contributed by atoms with Crippen molar-refractivity contribution in [2.75, 3.05) is 13.2 Å². The molecule has 256 valence electrons. The minimum absolute atomic E-state index is 0.00322. The lowest BCUT2D eigenvalue weighted by atomic mass is 9.46. The molecule has 0 spiro atoms. The van der Waals surface area contributed by atoms with Crippen LogP contribution in [0.5, 0.6) is 5.75 Å². The van der Waals surface area contributed by atoms with E-state index in [1.807, 2.05) is 41.2 Å². The SMILES string of the molecule is C=C1CCC2[C@](C)(CC[C@H]3OC(c4ccc(OCc5cn(CCCCCCCC)nn5)cc4)OC[C@@]23C)[C@@H]1C/C=C1/C(=O)OC[C@H]1O. The molecule has 3 heterocycles. The molecule has 9 heteroatoms. The Bertz CT molecular complexity index is 1420. The second-order valence-corrected chi connectivity index (χ2v) is 14.7. The molecule has 47 heavy (non-hydrogen) atoms. The molecule has 0 amide bonds. The number of cyclic esters (lactones) is 1. The van der Waals surface area contributed by atoms with Crippen molar-refractivity contribution in [3.05, 3.63) is 65.5 Å². The first-order valence-electron chi connectivity index (χ1n) is 17.8. The summed E-state index contributed by atoms with van der Waals surface area (Å²) in [7, 11) is 0. The number of aryl methyl sites for hydroxylation is 1. The van der Waals surface area contributed by atoms with E-state index in [9.17, 15) is 9.90 Å². The lowest BCUT2D eigenvalue weighted by Gasteiger charge is -2.62. The van der Waals surface area contributed by atoms with Gasteiger partial charge in [-0.15, -0.1) is 5.10 Å². The van der Waals surface area contributed by atoms with E-state index >= 15 is 0 Å². The van der Waals surface area contributed by atoms with Crippen molar-refractivity contribution in [1.29, 1.82) is 0 Å². The van der Waals surface area contributed by atoms with Crippen LogP contribution in [-0.2, 0) is 32.2 Å². The average Bonchev–Trinajstić information content (AvgIpc) is 3.66. The van der Waals surface area contributed by atoms with Gasteiger partial charge in [0.05, 0.1) is 24.5 Å². The fraction of sp³-hybridized carbons (Fsp3) is 0.658. The number of allylic oxidation sites excluding steroid dienone is 2.